The number of rotatable bonds is 0. The van der Waals surface area contributed by atoms with Gasteiger partial charge in [0.05, 0.1) is 25.4 Å². The first-order valence-electron chi connectivity index (χ1n) is 4.02. The van der Waals surface area contributed by atoms with Gasteiger partial charge in [-0.05, 0) is 0 Å². The molecule has 0 saturated carbocycles. The van der Waals surface area contributed by atoms with Gasteiger partial charge in [-0.1, -0.05) is 13.8 Å². The molecule has 4 atom stereocenters. The van der Waals surface area contributed by atoms with Crippen LogP contribution in [0.1, 0.15) is 13.8 Å². The van der Waals surface area contributed by atoms with Crippen LogP contribution < -0.4 is 0 Å². The van der Waals surface area contributed by atoms with Gasteiger partial charge in [-0.15, -0.1) is 0 Å². The normalized spacial score (nSPS) is 53.4. The first-order chi connectivity index (χ1) is 4.79. The zero-order valence-electron chi connectivity index (χ0n) is 6.54. The maximum atomic E-state index is 5.58. The molecule has 0 bridgehead atoms. The lowest BCUT2D eigenvalue weighted by Gasteiger charge is -2.10. The standard InChI is InChI=1S/C8H14O2/c1-5-3-9-8-6(2)4-10-7(5)8/h5-8H,3-4H2,1-2H3/t5-,6?,7+,8+/m0/s1. The van der Waals surface area contributed by atoms with Crippen LogP contribution in [-0.2, 0) is 9.47 Å². The molecule has 0 radical (unpaired) electrons. The van der Waals surface area contributed by atoms with Crippen molar-refractivity contribution in [2.45, 2.75) is 26.1 Å². The molecule has 2 heteroatoms. The Hall–Kier alpha value is -0.0800. The summed E-state index contributed by atoms with van der Waals surface area (Å²) in [4.78, 5) is 0. The molecule has 2 nitrogen and oxygen atoms in total. The van der Waals surface area contributed by atoms with Gasteiger partial charge in [-0.25, -0.2) is 0 Å². The Morgan fingerprint density at radius 3 is 1.70 bits per heavy atom. The van der Waals surface area contributed by atoms with Crippen LogP contribution >= 0.6 is 0 Å². The lowest BCUT2D eigenvalue weighted by Crippen LogP contribution is -2.23. The molecular formula is C8H14O2. The summed E-state index contributed by atoms with van der Waals surface area (Å²) in [6.45, 7) is 6.17. The topological polar surface area (TPSA) is 18.5 Å². The molecule has 2 heterocycles. The van der Waals surface area contributed by atoms with Crippen LogP contribution in [0.2, 0.25) is 0 Å². The monoisotopic (exact) mass is 142 g/mol. The molecule has 10 heavy (non-hydrogen) atoms. The third kappa shape index (κ3) is 0.789. The summed E-state index contributed by atoms with van der Waals surface area (Å²) in [5, 5.41) is 0. The summed E-state index contributed by atoms with van der Waals surface area (Å²) in [7, 11) is 0. The van der Waals surface area contributed by atoms with Crippen LogP contribution in [0.4, 0.5) is 0 Å². The maximum Gasteiger partial charge on any atom is 0.0887 e. The van der Waals surface area contributed by atoms with Crippen molar-refractivity contribution in [3.05, 3.63) is 0 Å². The predicted molar refractivity (Wildman–Crippen MR) is 37.8 cm³/mol. The third-order valence-electron chi connectivity index (χ3n) is 2.55. The van der Waals surface area contributed by atoms with Gasteiger partial charge in [-0.2, -0.15) is 0 Å². The summed E-state index contributed by atoms with van der Waals surface area (Å²) in [5.74, 6) is 1.21. The maximum absolute atomic E-state index is 5.58. The molecule has 0 amide bonds. The second kappa shape index (κ2) is 2.21. The van der Waals surface area contributed by atoms with Crippen molar-refractivity contribution in [3.63, 3.8) is 0 Å². The zero-order chi connectivity index (χ0) is 7.14. The van der Waals surface area contributed by atoms with Crippen molar-refractivity contribution in [1.82, 2.24) is 0 Å². The highest BCUT2D eigenvalue weighted by molar-refractivity contribution is 4.90. The highest BCUT2D eigenvalue weighted by atomic mass is 16.6. The predicted octanol–water partition coefficient (Wildman–Crippen LogP) is 1.06. The Bertz CT molecular complexity index is 119. The van der Waals surface area contributed by atoms with Crippen molar-refractivity contribution >= 4 is 0 Å². The lowest BCUT2D eigenvalue weighted by molar-refractivity contribution is 0.0627. The Kier molecular flexibility index (Phi) is 1.46. The minimum absolute atomic E-state index is 0.398. The average Bonchev–Trinajstić information content (AvgIpc) is 2.41. The van der Waals surface area contributed by atoms with E-state index in [4.69, 9.17) is 9.47 Å². The second-order valence-corrected chi connectivity index (χ2v) is 3.55. The van der Waals surface area contributed by atoms with E-state index in [2.05, 4.69) is 13.8 Å². The van der Waals surface area contributed by atoms with Crippen molar-refractivity contribution in [3.8, 4) is 0 Å². The Morgan fingerprint density at radius 1 is 0.900 bits per heavy atom. The minimum Gasteiger partial charge on any atom is -0.375 e. The van der Waals surface area contributed by atoms with Crippen molar-refractivity contribution in [1.29, 1.82) is 0 Å². The van der Waals surface area contributed by atoms with E-state index in [1.165, 1.54) is 0 Å². The SMILES string of the molecule is CC1CO[C@H]2[C@@H]1OC[C@@H]2C. The third-order valence-corrected chi connectivity index (χ3v) is 2.55. The summed E-state index contributed by atoms with van der Waals surface area (Å²) in [6, 6.07) is 0. The molecule has 0 aromatic heterocycles. The molecule has 2 aliphatic rings. The average molecular weight is 142 g/mol. The van der Waals surface area contributed by atoms with Gasteiger partial charge in [0, 0.05) is 11.8 Å². The summed E-state index contributed by atoms with van der Waals surface area (Å²) in [6.07, 6.45) is 0.796. The fraction of sp³-hybridized carbons (Fsp3) is 1.00. The molecule has 58 valence electrons. The fourth-order valence-corrected chi connectivity index (χ4v) is 1.88. The molecule has 1 unspecified atom stereocenters. The van der Waals surface area contributed by atoms with Gasteiger partial charge in [0.1, 0.15) is 0 Å². The first kappa shape index (κ1) is 6.62. The number of fused-ring (bicyclic) bond motifs is 1. The van der Waals surface area contributed by atoms with Crippen molar-refractivity contribution < 1.29 is 9.47 Å². The van der Waals surface area contributed by atoms with Crippen molar-refractivity contribution in [2.24, 2.45) is 11.8 Å². The van der Waals surface area contributed by atoms with E-state index in [9.17, 15) is 0 Å². The van der Waals surface area contributed by atoms with Crippen LogP contribution in [0, 0.1) is 11.8 Å². The highest BCUT2D eigenvalue weighted by Crippen LogP contribution is 2.33. The van der Waals surface area contributed by atoms with E-state index >= 15 is 0 Å². The molecule has 0 aromatic rings. The molecule has 0 aliphatic carbocycles. The smallest absolute Gasteiger partial charge is 0.0887 e. The summed E-state index contributed by atoms with van der Waals surface area (Å²) < 4.78 is 11.2. The molecule has 0 aromatic carbocycles. The second-order valence-electron chi connectivity index (χ2n) is 3.55. The minimum atomic E-state index is 0.398. The molecule has 0 N–H and O–H groups in total. The molecule has 2 rings (SSSR count). The van der Waals surface area contributed by atoms with Gasteiger partial charge < -0.3 is 9.47 Å². The lowest BCUT2D eigenvalue weighted by atomic mass is 9.99. The Balaban J connectivity index is 2.09. The number of hydrogen-bond donors (Lipinski definition) is 0. The summed E-state index contributed by atoms with van der Waals surface area (Å²) in [5.41, 5.74) is 0. The first-order valence-corrected chi connectivity index (χ1v) is 4.02. The van der Waals surface area contributed by atoms with Crippen molar-refractivity contribution in [2.75, 3.05) is 13.2 Å². The van der Waals surface area contributed by atoms with E-state index in [0.717, 1.165) is 13.2 Å². The molecular weight excluding hydrogens is 128 g/mol. The number of ether oxygens (including phenoxy) is 2. The Labute approximate surface area is 61.5 Å². The van der Waals surface area contributed by atoms with Crippen LogP contribution in [0.5, 0.6) is 0 Å². The van der Waals surface area contributed by atoms with Crippen LogP contribution in [0.25, 0.3) is 0 Å². The quantitative estimate of drug-likeness (QED) is 0.503. The zero-order valence-corrected chi connectivity index (χ0v) is 6.54. The van der Waals surface area contributed by atoms with E-state index in [1.807, 2.05) is 0 Å². The van der Waals surface area contributed by atoms with Gasteiger partial charge in [-0.3, -0.25) is 0 Å². The van der Waals surface area contributed by atoms with Gasteiger partial charge in [0.25, 0.3) is 0 Å². The Morgan fingerprint density at radius 2 is 1.30 bits per heavy atom. The summed E-state index contributed by atoms with van der Waals surface area (Å²) >= 11 is 0. The van der Waals surface area contributed by atoms with Gasteiger partial charge in [0.2, 0.25) is 0 Å². The van der Waals surface area contributed by atoms with Gasteiger partial charge >= 0.3 is 0 Å². The van der Waals surface area contributed by atoms with Crippen LogP contribution in [0.3, 0.4) is 0 Å². The van der Waals surface area contributed by atoms with E-state index in [0.29, 0.717) is 24.0 Å². The van der Waals surface area contributed by atoms with Crippen LogP contribution in [0.15, 0.2) is 0 Å². The molecule has 0 spiro atoms. The largest absolute Gasteiger partial charge is 0.375 e. The highest BCUT2D eigenvalue weighted by Gasteiger charge is 2.43. The molecule has 2 saturated heterocycles. The molecule has 2 fully saturated rings. The van der Waals surface area contributed by atoms with E-state index in [1.54, 1.807) is 0 Å². The van der Waals surface area contributed by atoms with E-state index < -0.39 is 0 Å². The number of hydrogen-bond acceptors (Lipinski definition) is 2. The molecule has 2 aliphatic heterocycles. The van der Waals surface area contributed by atoms with E-state index in [-0.39, 0.29) is 0 Å². The van der Waals surface area contributed by atoms with Crippen LogP contribution in [-0.4, -0.2) is 25.4 Å². The fourth-order valence-electron chi connectivity index (χ4n) is 1.88. The van der Waals surface area contributed by atoms with Gasteiger partial charge in [0.15, 0.2) is 0 Å².